The molecule has 2 saturated carbocycles. The second-order valence-electron chi connectivity index (χ2n) is 9.79. The van der Waals surface area contributed by atoms with Crippen LogP contribution in [0.4, 0.5) is 0 Å². The molecule has 0 unspecified atom stereocenters. The number of phenolic OH excluding ortho intramolecular Hbond substituents is 1. The lowest BCUT2D eigenvalue weighted by molar-refractivity contribution is -0.170. The zero-order valence-electron chi connectivity index (χ0n) is 16.9. The number of aromatic hydroxyl groups is 1. The van der Waals surface area contributed by atoms with Gasteiger partial charge in [-0.1, -0.05) is 6.07 Å². The number of hydrogen-bond donors (Lipinski definition) is 4. The molecule has 5 nitrogen and oxygen atoms in total. The highest BCUT2D eigenvalue weighted by molar-refractivity contribution is 5.48. The van der Waals surface area contributed by atoms with E-state index in [1.807, 2.05) is 12.1 Å². The van der Waals surface area contributed by atoms with E-state index < -0.39 is 5.60 Å². The quantitative estimate of drug-likeness (QED) is 0.562. The van der Waals surface area contributed by atoms with Crippen LogP contribution < -0.4 is 11.1 Å². The second-order valence-corrected chi connectivity index (χ2v) is 9.79. The summed E-state index contributed by atoms with van der Waals surface area (Å²) in [5, 5.41) is 26.2. The maximum atomic E-state index is 12.2. The first-order valence-corrected chi connectivity index (χ1v) is 11.3. The third-order valence-electron chi connectivity index (χ3n) is 8.14. The van der Waals surface area contributed by atoms with E-state index in [9.17, 15) is 10.2 Å². The van der Waals surface area contributed by atoms with Gasteiger partial charge in [-0.25, -0.2) is 0 Å². The average molecular weight is 386 g/mol. The lowest BCUT2D eigenvalue weighted by Gasteiger charge is -2.65. The summed E-state index contributed by atoms with van der Waals surface area (Å²) in [4.78, 5) is 2.61. The normalized spacial score (nSPS) is 37.4. The molecule has 5 heteroatoms. The monoisotopic (exact) mass is 385 g/mol. The molecular formula is C23H35N3O2. The number of fused-ring (bicyclic) bond motifs is 1. The zero-order valence-corrected chi connectivity index (χ0v) is 16.9. The van der Waals surface area contributed by atoms with E-state index in [-0.39, 0.29) is 11.5 Å². The van der Waals surface area contributed by atoms with E-state index in [4.69, 9.17) is 5.73 Å². The fourth-order valence-electron chi connectivity index (χ4n) is 6.53. The molecule has 28 heavy (non-hydrogen) atoms. The van der Waals surface area contributed by atoms with Gasteiger partial charge in [-0.3, -0.25) is 4.90 Å². The lowest BCUT2D eigenvalue weighted by Crippen LogP contribution is -2.74. The van der Waals surface area contributed by atoms with E-state index in [1.165, 1.54) is 24.0 Å². The molecule has 4 atom stereocenters. The van der Waals surface area contributed by atoms with Gasteiger partial charge >= 0.3 is 0 Å². The molecule has 0 aromatic heterocycles. The van der Waals surface area contributed by atoms with Gasteiger partial charge in [-0.2, -0.15) is 0 Å². The smallest absolute Gasteiger partial charge is 0.115 e. The Morgan fingerprint density at radius 3 is 2.86 bits per heavy atom. The summed E-state index contributed by atoms with van der Waals surface area (Å²) >= 11 is 0. The zero-order chi connectivity index (χ0) is 19.4. The van der Waals surface area contributed by atoms with Crippen LogP contribution in [0.3, 0.4) is 0 Å². The van der Waals surface area contributed by atoms with Crippen molar-refractivity contribution in [1.82, 2.24) is 10.2 Å². The number of benzene rings is 1. The standard InChI is InChI=1S/C23H35N3O2/c24-9-1-10-25-18-6-7-23(28)21-12-17-4-5-19(27)13-20(17)22(23,14-18)8-11-26(21)15-16-2-3-16/h4-5,13,16,18,21,25,27-28H,1-3,6-12,14-15,24H2/t18-,21-,22-,23-/m1/s1. The molecule has 0 spiro atoms. The number of likely N-dealkylation sites (tertiary alicyclic amines) is 1. The number of hydrogen-bond acceptors (Lipinski definition) is 5. The fourth-order valence-corrected chi connectivity index (χ4v) is 6.53. The van der Waals surface area contributed by atoms with Gasteiger partial charge < -0.3 is 21.3 Å². The number of aliphatic hydroxyl groups is 1. The minimum Gasteiger partial charge on any atom is -0.508 e. The van der Waals surface area contributed by atoms with Gasteiger partial charge in [0.05, 0.1) is 5.60 Å². The molecule has 1 aliphatic heterocycles. The molecule has 3 fully saturated rings. The molecule has 1 aromatic carbocycles. The summed E-state index contributed by atoms with van der Waals surface area (Å²) in [6.45, 7) is 3.87. The SMILES string of the molecule is NCCCN[C@@H]1CC[C@@]2(O)[C@H]3Cc4ccc(O)cc4[C@@]2(CCN3CC2CC2)C1. The van der Waals surface area contributed by atoms with Crippen LogP contribution in [0.15, 0.2) is 18.2 Å². The van der Waals surface area contributed by atoms with Crippen molar-refractivity contribution < 1.29 is 10.2 Å². The van der Waals surface area contributed by atoms with Gasteiger partial charge in [0.2, 0.25) is 0 Å². The van der Waals surface area contributed by atoms with Crippen LogP contribution in [-0.2, 0) is 11.8 Å². The van der Waals surface area contributed by atoms with Crippen molar-refractivity contribution in [2.75, 3.05) is 26.2 Å². The third kappa shape index (κ3) is 2.90. The fraction of sp³-hybridized carbons (Fsp3) is 0.739. The molecular weight excluding hydrogens is 350 g/mol. The van der Waals surface area contributed by atoms with Crippen LogP contribution in [0.2, 0.25) is 0 Å². The van der Waals surface area contributed by atoms with E-state index in [2.05, 4.69) is 16.3 Å². The molecule has 1 aromatic rings. The first-order valence-electron chi connectivity index (χ1n) is 11.3. The van der Waals surface area contributed by atoms with Crippen LogP contribution in [0.25, 0.3) is 0 Å². The molecule has 0 radical (unpaired) electrons. The number of nitrogens with one attached hydrogen (secondary N) is 1. The third-order valence-corrected chi connectivity index (χ3v) is 8.14. The molecule has 4 aliphatic rings. The van der Waals surface area contributed by atoms with Crippen LogP contribution in [0, 0.1) is 5.92 Å². The van der Waals surface area contributed by atoms with E-state index in [1.54, 1.807) is 0 Å². The highest BCUT2D eigenvalue weighted by Gasteiger charge is 2.64. The molecule has 1 heterocycles. The highest BCUT2D eigenvalue weighted by atomic mass is 16.3. The summed E-state index contributed by atoms with van der Waals surface area (Å²) < 4.78 is 0. The van der Waals surface area contributed by atoms with Crippen LogP contribution in [0.1, 0.15) is 56.1 Å². The Morgan fingerprint density at radius 2 is 2.07 bits per heavy atom. The van der Waals surface area contributed by atoms with Crippen LogP contribution >= 0.6 is 0 Å². The molecule has 5 N–H and O–H groups in total. The summed E-state index contributed by atoms with van der Waals surface area (Å²) in [5.41, 5.74) is 7.28. The Bertz CT molecular complexity index is 737. The van der Waals surface area contributed by atoms with Gasteiger partial charge in [0.1, 0.15) is 5.75 Å². The number of piperidine rings is 1. The van der Waals surface area contributed by atoms with Crippen molar-refractivity contribution in [3.63, 3.8) is 0 Å². The van der Waals surface area contributed by atoms with E-state index >= 15 is 0 Å². The Balaban J connectivity index is 1.51. The first kappa shape index (κ1) is 18.9. The highest BCUT2D eigenvalue weighted by Crippen LogP contribution is 2.58. The van der Waals surface area contributed by atoms with Gasteiger partial charge in [0.25, 0.3) is 0 Å². The Morgan fingerprint density at radius 1 is 1.21 bits per heavy atom. The lowest BCUT2D eigenvalue weighted by atomic mass is 9.49. The molecule has 1 saturated heterocycles. The van der Waals surface area contributed by atoms with Crippen molar-refractivity contribution in [3.8, 4) is 5.75 Å². The first-order chi connectivity index (χ1) is 13.6. The summed E-state index contributed by atoms with van der Waals surface area (Å²) in [6.07, 6.45) is 8.40. The largest absolute Gasteiger partial charge is 0.508 e. The Hall–Kier alpha value is -1.14. The molecule has 2 bridgehead atoms. The Kier molecular flexibility index (Phi) is 4.70. The molecule has 0 amide bonds. The Labute approximate surface area is 168 Å². The van der Waals surface area contributed by atoms with Gasteiger partial charge in [-0.05, 0) is 100 Å². The average Bonchev–Trinajstić information content (AvgIpc) is 3.49. The topological polar surface area (TPSA) is 81.8 Å². The minimum atomic E-state index is -0.688. The van der Waals surface area contributed by atoms with Crippen molar-refractivity contribution >= 4 is 0 Å². The van der Waals surface area contributed by atoms with Crippen LogP contribution in [-0.4, -0.2) is 59.0 Å². The number of nitrogens with two attached hydrogens (primary N) is 1. The van der Waals surface area contributed by atoms with Crippen molar-refractivity contribution in [3.05, 3.63) is 29.3 Å². The maximum absolute atomic E-state index is 12.2. The van der Waals surface area contributed by atoms with Gasteiger partial charge in [0.15, 0.2) is 0 Å². The van der Waals surface area contributed by atoms with Gasteiger partial charge in [-0.15, -0.1) is 0 Å². The van der Waals surface area contributed by atoms with E-state index in [0.29, 0.717) is 18.3 Å². The summed E-state index contributed by atoms with van der Waals surface area (Å²) in [5.74, 6) is 1.17. The number of rotatable bonds is 6. The number of phenols is 1. The summed E-state index contributed by atoms with van der Waals surface area (Å²) in [6, 6.07) is 6.50. The van der Waals surface area contributed by atoms with Crippen molar-refractivity contribution in [1.29, 1.82) is 0 Å². The predicted octanol–water partition coefficient (Wildman–Crippen LogP) is 1.89. The predicted molar refractivity (Wildman–Crippen MR) is 110 cm³/mol. The molecule has 3 aliphatic carbocycles. The minimum absolute atomic E-state index is 0.212. The molecule has 5 rings (SSSR count). The maximum Gasteiger partial charge on any atom is 0.115 e. The number of nitrogens with zero attached hydrogens (tertiary/aromatic N) is 1. The van der Waals surface area contributed by atoms with Crippen molar-refractivity contribution in [2.45, 2.75) is 74.5 Å². The second kappa shape index (κ2) is 6.98. The molecule has 154 valence electrons. The van der Waals surface area contributed by atoms with E-state index in [0.717, 1.165) is 64.1 Å². The summed E-state index contributed by atoms with van der Waals surface area (Å²) in [7, 11) is 0. The van der Waals surface area contributed by atoms with Gasteiger partial charge in [0, 0.05) is 24.0 Å². The van der Waals surface area contributed by atoms with Crippen LogP contribution in [0.5, 0.6) is 5.75 Å². The van der Waals surface area contributed by atoms with Crippen molar-refractivity contribution in [2.24, 2.45) is 11.7 Å².